The SMILES string of the molecule is CCC1NC(c2ccccc2F)N(CC(C)(C)OC)C1=O. The number of nitrogens with zero attached hydrogens (tertiary/aromatic N) is 1. The number of halogens is 1. The Morgan fingerprint density at radius 1 is 1.38 bits per heavy atom. The normalized spacial score (nSPS) is 22.9. The lowest BCUT2D eigenvalue weighted by atomic mass is 10.1. The van der Waals surface area contributed by atoms with Gasteiger partial charge < -0.3 is 9.64 Å². The van der Waals surface area contributed by atoms with Gasteiger partial charge in [0.15, 0.2) is 0 Å². The van der Waals surface area contributed by atoms with Crippen LogP contribution in [0.2, 0.25) is 0 Å². The monoisotopic (exact) mass is 294 g/mol. The molecule has 4 nitrogen and oxygen atoms in total. The van der Waals surface area contributed by atoms with Crippen molar-refractivity contribution in [1.29, 1.82) is 0 Å². The van der Waals surface area contributed by atoms with Gasteiger partial charge in [0.25, 0.3) is 0 Å². The standard InChI is InChI=1S/C16H23FN2O2/c1-5-13-15(20)19(10-16(2,3)21-4)14(18-13)11-8-6-7-9-12(11)17/h6-9,13-14,18H,5,10H2,1-4H3. The number of ether oxygens (including phenoxy) is 1. The van der Waals surface area contributed by atoms with Gasteiger partial charge in [-0.3, -0.25) is 10.1 Å². The van der Waals surface area contributed by atoms with E-state index in [1.807, 2.05) is 20.8 Å². The number of carbonyl (C=O) groups is 1. The van der Waals surface area contributed by atoms with Crippen LogP contribution in [0.3, 0.4) is 0 Å². The van der Waals surface area contributed by atoms with Gasteiger partial charge in [0.2, 0.25) is 5.91 Å². The molecule has 0 aromatic heterocycles. The molecule has 1 aromatic rings. The zero-order valence-electron chi connectivity index (χ0n) is 13.0. The van der Waals surface area contributed by atoms with Crippen LogP contribution in [0.1, 0.15) is 38.9 Å². The van der Waals surface area contributed by atoms with Gasteiger partial charge in [-0.25, -0.2) is 4.39 Å². The maximum Gasteiger partial charge on any atom is 0.241 e. The fourth-order valence-corrected chi connectivity index (χ4v) is 2.57. The fraction of sp³-hybridized carbons (Fsp3) is 0.562. The van der Waals surface area contributed by atoms with Crippen LogP contribution < -0.4 is 5.32 Å². The van der Waals surface area contributed by atoms with Crippen LogP contribution in [0.5, 0.6) is 0 Å². The van der Waals surface area contributed by atoms with E-state index >= 15 is 0 Å². The molecule has 0 aliphatic carbocycles. The van der Waals surface area contributed by atoms with E-state index in [1.54, 1.807) is 30.2 Å². The van der Waals surface area contributed by atoms with Crippen LogP contribution >= 0.6 is 0 Å². The first kappa shape index (κ1) is 15.9. The van der Waals surface area contributed by atoms with E-state index in [2.05, 4.69) is 5.32 Å². The van der Waals surface area contributed by atoms with Crippen molar-refractivity contribution in [2.24, 2.45) is 0 Å². The summed E-state index contributed by atoms with van der Waals surface area (Å²) < 4.78 is 19.5. The number of hydrogen-bond donors (Lipinski definition) is 1. The maximum absolute atomic E-state index is 14.1. The summed E-state index contributed by atoms with van der Waals surface area (Å²) >= 11 is 0. The van der Waals surface area contributed by atoms with Crippen molar-refractivity contribution in [2.45, 2.75) is 45.0 Å². The molecule has 1 amide bonds. The number of carbonyl (C=O) groups excluding carboxylic acids is 1. The second kappa shape index (κ2) is 6.12. The fourth-order valence-electron chi connectivity index (χ4n) is 2.57. The van der Waals surface area contributed by atoms with Gasteiger partial charge in [-0.05, 0) is 26.3 Å². The molecule has 1 aliphatic rings. The van der Waals surface area contributed by atoms with E-state index < -0.39 is 11.8 Å². The van der Waals surface area contributed by atoms with Crippen LogP contribution in [-0.2, 0) is 9.53 Å². The highest BCUT2D eigenvalue weighted by Crippen LogP contribution is 2.30. The van der Waals surface area contributed by atoms with E-state index in [1.165, 1.54) is 6.07 Å². The summed E-state index contributed by atoms with van der Waals surface area (Å²) in [5, 5.41) is 3.23. The van der Waals surface area contributed by atoms with Gasteiger partial charge in [-0.2, -0.15) is 0 Å². The summed E-state index contributed by atoms with van der Waals surface area (Å²) in [5.41, 5.74) is 0.0115. The largest absolute Gasteiger partial charge is 0.377 e. The number of hydrogen-bond acceptors (Lipinski definition) is 3. The molecule has 0 spiro atoms. The minimum atomic E-state index is -0.483. The first-order valence-corrected chi connectivity index (χ1v) is 7.25. The lowest BCUT2D eigenvalue weighted by Crippen LogP contribution is -2.43. The number of methoxy groups -OCH3 is 1. The van der Waals surface area contributed by atoms with Crippen molar-refractivity contribution in [1.82, 2.24) is 10.2 Å². The van der Waals surface area contributed by atoms with E-state index in [0.717, 1.165) is 0 Å². The van der Waals surface area contributed by atoms with Crippen molar-refractivity contribution in [3.8, 4) is 0 Å². The molecule has 1 aliphatic heterocycles. The molecule has 116 valence electrons. The number of benzene rings is 1. The summed E-state index contributed by atoms with van der Waals surface area (Å²) in [7, 11) is 1.61. The topological polar surface area (TPSA) is 41.6 Å². The molecule has 0 radical (unpaired) electrons. The van der Waals surface area contributed by atoms with Crippen molar-refractivity contribution < 1.29 is 13.9 Å². The second-order valence-electron chi connectivity index (χ2n) is 5.98. The summed E-state index contributed by atoms with van der Waals surface area (Å²) in [4.78, 5) is 14.2. The van der Waals surface area contributed by atoms with E-state index in [4.69, 9.17) is 4.74 Å². The molecule has 2 rings (SSSR count). The minimum Gasteiger partial charge on any atom is -0.377 e. The van der Waals surface area contributed by atoms with Crippen molar-refractivity contribution in [3.63, 3.8) is 0 Å². The average molecular weight is 294 g/mol. The summed E-state index contributed by atoms with van der Waals surface area (Å²) in [5.74, 6) is -0.310. The van der Waals surface area contributed by atoms with Crippen LogP contribution in [-0.4, -0.2) is 36.1 Å². The zero-order valence-corrected chi connectivity index (χ0v) is 13.0. The van der Waals surface area contributed by atoms with Crippen molar-refractivity contribution >= 4 is 5.91 Å². The van der Waals surface area contributed by atoms with Crippen LogP contribution in [0, 0.1) is 5.82 Å². The van der Waals surface area contributed by atoms with Crippen LogP contribution in [0.4, 0.5) is 4.39 Å². The predicted molar refractivity (Wildman–Crippen MR) is 79.2 cm³/mol. The first-order chi connectivity index (χ1) is 9.89. The van der Waals surface area contributed by atoms with E-state index in [9.17, 15) is 9.18 Å². The Morgan fingerprint density at radius 2 is 2.05 bits per heavy atom. The van der Waals surface area contributed by atoms with Gasteiger partial charge in [-0.15, -0.1) is 0 Å². The molecular formula is C16H23FN2O2. The highest BCUT2D eigenvalue weighted by molar-refractivity contribution is 5.84. The maximum atomic E-state index is 14.1. The molecule has 2 unspecified atom stereocenters. The number of nitrogens with one attached hydrogen (secondary N) is 1. The molecule has 5 heteroatoms. The van der Waals surface area contributed by atoms with Crippen LogP contribution in [0.15, 0.2) is 24.3 Å². The Morgan fingerprint density at radius 3 is 2.62 bits per heavy atom. The molecule has 1 heterocycles. The summed E-state index contributed by atoms with van der Waals surface area (Å²) in [6.07, 6.45) is 0.228. The molecule has 0 bridgehead atoms. The first-order valence-electron chi connectivity index (χ1n) is 7.25. The molecule has 2 atom stereocenters. The lowest BCUT2D eigenvalue weighted by molar-refractivity contribution is -0.133. The minimum absolute atomic E-state index is 0.00382. The van der Waals surface area contributed by atoms with Gasteiger partial charge in [-0.1, -0.05) is 25.1 Å². The smallest absolute Gasteiger partial charge is 0.241 e. The second-order valence-corrected chi connectivity index (χ2v) is 5.98. The van der Waals surface area contributed by atoms with Crippen LogP contribution in [0.25, 0.3) is 0 Å². The van der Waals surface area contributed by atoms with Gasteiger partial charge >= 0.3 is 0 Å². The Hall–Kier alpha value is -1.46. The molecule has 1 fully saturated rings. The highest BCUT2D eigenvalue weighted by Gasteiger charge is 2.41. The Kier molecular flexibility index (Phi) is 4.64. The molecule has 1 aromatic carbocycles. The summed E-state index contributed by atoms with van der Waals surface area (Å²) in [6.45, 7) is 6.18. The number of amides is 1. The third-order valence-corrected chi connectivity index (χ3v) is 3.96. The van der Waals surface area contributed by atoms with Gasteiger partial charge in [0.05, 0.1) is 18.2 Å². The van der Waals surface area contributed by atoms with Crippen molar-refractivity contribution in [3.05, 3.63) is 35.6 Å². The summed E-state index contributed by atoms with van der Waals surface area (Å²) in [6, 6.07) is 6.29. The Bertz CT molecular complexity index is 519. The molecule has 21 heavy (non-hydrogen) atoms. The average Bonchev–Trinajstić information content (AvgIpc) is 2.76. The predicted octanol–water partition coefficient (Wildman–Crippen LogP) is 2.46. The van der Waals surface area contributed by atoms with Gasteiger partial charge in [0, 0.05) is 12.7 Å². The van der Waals surface area contributed by atoms with E-state index in [-0.39, 0.29) is 17.8 Å². The third-order valence-electron chi connectivity index (χ3n) is 3.96. The third kappa shape index (κ3) is 3.24. The number of rotatable bonds is 5. The van der Waals surface area contributed by atoms with Gasteiger partial charge in [0.1, 0.15) is 12.0 Å². The highest BCUT2D eigenvalue weighted by atomic mass is 19.1. The Labute approximate surface area is 125 Å². The van der Waals surface area contributed by atoms with Crippen molar-refractivity contribution in [2.75, 3.05) is 13.7 Å². The molecule has 0 saturated carbocycles. The quantitative estimate of drug-likeness (QED) is 0.907. The lowest BCUT2D eigenvalue weighted by Gasteiger charge is -2.32. The Balaban J connectivity index is 2.33. The molecule has 1 saturated heterocycles. The molecular weight excluding hydrogens is 271 g/mol. The zero-order chi connectivity index (χ0) is 15.6. The van der Waals surface area contributed by atoms with E-state index in [0.29, 0.717) is 18.5 Å². The molecule has 1 N–H and O–H groups in total.